The smallest absolute Gasteiger partial charge is 0.429 e. The number of nitrogens with zero attached hydrogens (tertiary/aromatic N) is 4. The number of carbonyl (C=O) groups excluding carboxylic acids is 1. The molecule has 4 rings (SSSR count). The molecule has 0 amide bonds. The fourth-order valence-electron chi connectivity index (χ4n) is 2.74. The number of imidazole rings is 1. The minimum Gasteiger partial charge on any atom is -0.429 e. The molecule has 0 aliphatic carbocycles. The fraction of sp³-hybridized carbons (Fsp3) is 0.100. The minimum absolute atomic E-state index is 0.0455. The topological polar surface area (TPSA) is 105 Å². The summed E-state index contributed by atoms with van der Waals surface area (Å²) in [7, 11) is 0. The Morgan fingerprint density at radius 1 is 0.964 bits per heavy atom. The summed E-state index contributed by atoms with van der Waals surface area (Å²) in [6.07, 6.45) is 0.484. The number of aromatic nitrogens is 4. The van der Waals surface area contributed by atoms with Crippen molar-refractivity contribution in [3.63, 3.8) is 0 Å². The number of anilines is 1. The van der Waals surface area contributed by atoms with Crippen molar-refractivity contribution < 1.29 is 14.3 Å². The number of fused-ring (bicyclic) bond motifs is 1. The maximum Gasteiger partial charge on any atom is 0.516 e. The summed E-state index contributed by atoms with van der Waals surface area (Å²) in [4.78, 5) is 24.7. The van der Waals surface area contributed by atoms with Crippen LogP contribution in [0.1, 0.15) is 11.1 Å². The number of hydrogen-bond acceptors (Lipinski definition) is 7. The van der Waals surface area contributed by atoms with Gasteiger partial charge < -0.3 is 15.2 Å². The van der Waals surface area contributed by atoms with Crippen LogP contribution in [0.2, 0.25) is 0 Å². The second-order valence-electron chi connectivity index (χ2n) is 6.02. The van der Waals surface area contributed by atoms with Crippen molar-refractivity contribution in [1.29, 1.82) is 0 Å². The van der Waals surface area contributed by atoms with Crippen LogP contribution in [0.15, 0.2) is 67.0 Å². The number of hydrogen-bond donors (Lipinski definition) is 1. The van der Waals surface area contributed by atoms with Gasteiger partial charge in [-0.15, -0.1) is 0 Å². The van der Waals surface area contributed by atoms with E-state index < -0.39 is 6.16 Å². The Labute approximate surface area is 160 Å². The lowest BCUT2D eigenvalue weighted by molar-refractivity contribution is 0.0884. The van der Waals surface area contributed by atoms with Crippen LogP contribution in [0, 0.1) is 0 Å². The lowest BCUT2D eigenvalue weighted by Gasteiger charge is -2.09. The summed E-state index contributed by atoms with van der Waals surface area (Å²) in [5.41, 5.74) is 8.58. The normalized spacial score (nSPS) is 10.7. The van der Waals surface area contributed by atoms with Crippen LogP contribution in [-0.4, -0.2) is 25.7 Å². The van der Waals surface area contributed by atoms with Gasteiger partial charge in [0.25, 0.3) is 0 Å². The Bertz CT molecular complexity index is 1100. The van der Waals surface area contributed by atoms with E-state index in [4.69, 9.17) is 15.2 Å². The van der Waals surface area contributed by atoms with E-state index in [2.05, 4.69) is 15.0 Å². The Morgan fingerprint density at radius 3 is 2.36 bits per heavy atom. The zero-order chi connectivity index (χ0) is 19.3. The van der Waals surface area contributed by atoms with Crippen molar-refractivity contribution in [1.82, 2.24) is 19.5 Å². The van der Waals surface area contributed by atoms with E-state index in [1.165, 1.54) is 6.33 Å². The number of nitrogen functional groups attached to an aromatic ring is 1. The molecule has 0 atom stereocenters. The van der Waals surface area contributed by atoms with Crippen molar-refractivity contribution in [3.8, 4) is 6.01 Å². The number of nitrogens with two attached hydrogens (primary N) is 1. The van der Waals surface area contributed by atoms with E-state index in [9.17, 15) is 4.79 Å². The molecule has 2 heterocycles. The molecule has 0 bridgehead atoms. The first-order valence-electron chi connectivity index (χ1n) is 8.60. The minimum atomic E-state index is -0.861. The molecular weight excluding hydrogens is 358 g/mol. The summed E-state index contributed by atoms with van der Waals surface area (Å²) in [5.74, 6) is 0.208. The van der Waals surface area contributed by atoms with Gasteiger partial charge >= 0.3 is 12.2 Å². The van der Waals surface area contributed by atoms with Crippen LogP contribution in [0.3, 0.4) is 0 Å². The van der Waals surface area contributed by atoms with Gasteiger partial charge in [0.2, 0.25) is 0 Å². The van der Waals surface area contributed by atoms with Gasteiger partial charge in [0.05, 0.1) is 6.54 Å². The third kappa shape index (κ3) is 3.75. The lowest BCUT2D eigenvalue weighted by Crippen LogP contribution is -2.14. The number of benzene rings is 2. The second-order valence-corrected chi connectivity index (χ2v) is 6.02. The first-order valence-corrected chi connectivity index (χ1v) is 8.60. The van der Waals surface area contributed by atoms with E-state index in [0.29, 0.717) is 17.7 Å². The average molecular weight is 375 g/mol. The highest BCUT2D eigenvalue weighted by Gasteiger charge is 2.19. The monoisotopic (exact) mass is 375 g/mol. The molecular formula is C20H17N5O3. The van der Waals surface area contributed by atoms with Crippen molar-refractivity contribution >= 4 is 23.1 Å². The average Bonchev–Trinajstić information content (AvgIpc) is 3.06. The second kappa shape index (κ2) is 7.75. The highest BCUT2D eigenvalue weighted by molar-refractivity contribution is 5.83. The maximum atomic E-state index is 12.2. The molecule has 0 saturated carbocycles. The Balaban J connectivity index is 1.59. The van der Waals surface area contributed by atoms with Gasteiger partial charge in [-0.25, -0.2) is 14.8 Å². The highest BCUT2D eigenvalue weighted by Crippen LogP contribution is 2.24. The van der Waals surface area contributed by atoms with E-state index in [-0.39, 0.29) is 18.4 Å². The molecule has 0 aliphatic heterocycles. The van der Waals surface area contributed by atoms with Gasteiger partial charge in [-0.2, -0.15) is 4.98 Å². The molecule has 2 N–H and O–H groups in total. The molecule has 8 nitrogen and oxygen atoms in total. The summed E-state index contributed by atoms with van der Waals surface area (Å²) < 4.78 is 12.2. The van der Waals surface area contributed by atoms with E-state index in [0.717, 1.165) is 11.1 Å². The molecule has 8 heteroatoms. The highest BCUT2D eigenvalue weighted by atomic mass is 16.7. The summed E-state index contributed by atoms with van der Waals surface area (Å²) in [5, 5.41) is 0. The molecule has 0 aliphatic rings. The Morgan fingerprint density at radius 2 is 1.64 bits per heavy atom. The zero-order valence-electron chi connectivity index (χ0n) is 14.9. The molecule has 28 heavy (non-hydrogen) atoms. The number of rotatable bonds is 5. The van der Waals surface area contributed by atoms with E-state index in [1.54, 1.807) is 4.57 Å². The molecule has 0 fully saturated rings. The molecule has 0 unspecified atom stereocenters. The van der Waals surface area contributed by atoms with Crippen LogP contribution in [0.25, 0.3) is 11.2 Å². The van der Waals surface area contributed by atoms with Crippen LogP contribution >= 0.6 is 0 Å². The number of ether oxygens (including phenoxy) is 2. The van der Waals surface area contributed by atoms with Crippen LogP contribution in [0.4, 0.5) is 10.6 Å². The molecule has 2 aromatic carbocycles. The van der Waals surface area contributed by atoms with Gasteiger partial charge in [0.15, 0.2) is 17.0 Å². The predicted molar refractivity (Wildman–Crippen MR) is 103 cm³/mol. The first-order chi connectivity index (χ1) is 13.7. The van der Waals surface area contributed by atoms with Crippen molar-refractivity contribution in [3.05, 3.63) is 78.1 Å². The standard InChI is InChI=1S/C20H17N5O3/c21-17-16-18(23-13-22-17)25(11-14-7-3-1-4-8-14)19(24-16)28-20(26)27-12-15-9-5-2-6-10-15/h1-10,13H,11-12H2,(H2,21,22,23). The van der Waals surface area contributed by atoms with Gasteiger partial charge in [-0.1, -0.05) is 60.7 Å². The van der Waals surface area contributed by atoms with Gasteiger partial charge in [0, 0.05) is 0 Å². The quantitative estimate of drug-likeness (QED) is 0.534. The van der Waals surface area contributed by atoms with Gasteiger partial charge in [-0.3, -0.25) is 4.57 Å². The Kier molecular flexibility index (Phi) is 4.83. The van der Waals surface area contributed by atoms with Gasteiger partial charge in [-0.05, 0) is 11.1 Å². The van der Waals surface area contributed by atoms with Crippen molar-refractivity contribution in [2.24, 2.45) is 0 Å². The van der Waals surface area contributed by atoms with E-state index in [1.807, 2.05) is 60.7 Å². The lowest BCUT2D eigenvalue weighted by atomic mass is 10.2. The molecule has 4 aromatic rings. The third-order valence-corrected chi connectivity index (χ3v) is 4.08. The van der Waals surface area contributed by atoms with Gasteiger partial charge in [0.1, 0.15) is 12.9 Å². The van der Waals surface area contributed by atoms with Crippen LogP contribution in [-0.2, 0) is 17.9 Å². The number of carbonyl (C=O) groups is 1. The molecule has 2 aromatic heterocycles. The third-order valence-electron chi connectivity index (χ3n) is 4.08. The van der Waals surface area contributed by atoms with Crippen molar-refractivity contribution in [2.45, 2.75) is 13.2 Å². The molecule has 0 radical (unpaired) electrons. The van der Waals surface area contributed by atoms with Crippen LogP contribution < -0.4 is 10.5 Å². The summed E-state index contributed by atoms with van der Waals surface area (Å²) >= 11 is 0. The molecule has 140 valence electrons. The Hall–Kier alpha value is -3.94. The zero-order valence-corrected chi connectivity index (χ0v) is 14.9. The van der Waals surface area contributed by atoms with Crippen molar-refractivity contribution in [2.75, 3.05) is 5.73 Å². The predicted octanol–water partition coefficient (Wildman–Crippen LogP) is 3.17. The molecule has 0 saturated heterocycles. The maximum absolute atomic E-state index is 12.2. The summed E-state index contributed by atoms with van der Waals surface area (Å²) in [6.45, 7) is 0.496. The largest absolute Gasteiger partial charge is 0.516 e. The molecule has 0 spiro atoms. The summed E-state index contributed by atoms with van der Waals surface area (Å²) in [6, 6.07) is 19.1. The first kappa shape index (κ1) is 17.5. The SMILES string of the molecule is Nc1ncnc2c1nc(OC(=O)OCc1ccccc1)n2Cc1ccccc1. The fourth-order valence-corrected chi connectivity index (χ4v) is 2.74. The van der Waals surface area contributed by atoms with E-state index >= 15 is 0 Å². The van der Waals surface area contributed by atoms with Crippen LogP contribution in [0.5, 0.6) is 6.01 Å².